The average molecular weight is 472 g/mol. The fraction of sp³-hybridized carbons (Fsp3) is 0.167. The van der Waals surface area contributed by atoms with Crippen LogP contribution in [0.25, 0.3) is 0 Å². The number of carbonyl (C=O) groups excluding carboxylic acids is 3. The predicted octanol–water partition coefficient (Wildman–Crippen LogP) is 3.69. The summed E-state index contributed by atoms with van der Waals surface area (Å²) in [6, 6.07) is 7.41. The van der Waals surface area contributed by atoms with E-state index in [0.717, 1.165) is 24.1 Å². The van der Waals surface area contributed by atoms with Crippen LogP contribution in [0, 0.1) is 10.1 Å². The smallest absolute Gasteiger partial charge is 0.409 e. The topological polar surface area (TPSA) is 137 Å². The highest BCUT2D eigenvalue weighted by Crippen LogP contribution is 2.29. The Balaban J connectivity index is 2.21. The summed E-state index contributed by atoms with van der Waals surface area (Å²) in [5.74, 6) is -1.75. The van der Waals surface area contributed by atoms with Crippen LogP contribution in [0.15, 0.2) is 36.4 Å². The molecule has 0 aromatic heterocycles. The Hall–Kier alpha value is -3.41. The summed E-state index contributed by atoms with van der Waals surface area (Å²) in [5.41, 5.74) is -0.285. The van der Waals surface area contributed by atoms with Gasteiger partial charge in [0.25, 0.3) is 11.6 Å². The number of likely N-dealkylation sites (N-methyl/N-ethyl adjacent to an activating group) is 1. The number of hydrogen-bond acceptors (Lipinski definition) is 8. The van der Waals surface area contributed by atoms with Gasteiger partial charge in [-0.15, -0.1) is 0 Å². The minimum atomic E-state index is -0.960. The maximum absolute atomic E-state index is 12.7. The van der Waals surface area contributed by atoms with Crippen LogP contribution in [0.2, 0.25) is 10.0 Å². The quantitative estimate of drug-likeness (QED) is 0.366. The third-order valence-corrected chi connectivity index (χ3v) is 4.20. The highest BCUT2D eigenvalue weighted by molar-refractivity contribution is 6.34. The first kappa shape index (κ1) is 23.9. The monoisotopic (exact) mass is 471 g/mol. The maximum Gasteiger partial charge on any atom is 0.415 e. The predicted molar refractivity (Wildman–Crippen MR) is 109 cm³/mol. The first-order chi connectivity index (χ1) is 14.6. The number of amides is 2. The number of nitro groups is 1. The Morgan fingerprint density at radius 3 is 2.48 bits per heavy atom. The van der Waals surface area contributed by atoms with Gasteiger partial charge >= 0.3 is 12.1 Å². The second kappa shape index (κ2) is 10.6. The van der Waals surface area contributed by atoms with Crippen molar-refractivity contribution < 1.29 is 33.8 Å². The van der Waals surface area contributed by atoms with E-state index in [1.165, 1.54) is 31.3 Å². The first-order valence-corrected chi connectivity index (χ1v) is 9.09. The Morgan fingerprint density at radius 2 is 1.87 bits per heavy atom. The molecule has 13 heteroatoms. The van der Waals surface area contributed by atoms with E-state index in [2.05, 4.69) is 15.1 Å². The van der Waals surface area contributed by atoms with E-state index in [1.807, 2.05) is 0 Å². The SMILES string of the molecule is COOC(=O)CN(C)C(=O)Oc1ccc(Cl)cc1C(=O)Nc1ccc([N+](=O)[O-])cc1Cl. The van der Waals surface area contributed by atoms with Crippen molar-refractivity contribution in [3.63, 3.8) is 0 Å². The van der Waals surface area contributed by atoms with E-state index in [-0.39, 0.29) is 32.7 Å². The van der Waals surface area contributed by atoms with E-state index < -0.39 is 29.4 Å². The molecule has 0 heterocycles. The number of ether oxygens (including phenoxy) is 1. The van der Waals surface area contributed by atoms with Crippen molar-refractivity contribution in [2.75, 3.05) is 26.0 Å². The molecule has 2 rings (SSSR count). The lowest BCUT2D eigenvalue weighted by molar-refractivity contribution is -0.384. The lowest BCUT2D eigenvalue weighted by atomic mass is 10.1. The summed E-state index contributed by atoms with van der Waals surface area (Å²) in [6.45, 7) is -0.472. The zero-order chi connectivity index (χ0) is 23.1. The lowest BCUT2D eigenvalue weighted by Gasteiger charge is -2.17. The Labute approximate surface area is 185 Å². The highest BCUT2D eigenvalue weighted by atomic mass is 35.5. The molecule has 11 nitrogen and oxygen atoms in total. The number of nitrogens with zero attached hydrogens (tertiary/aromatic N) is 2. The molecule has 31 heavy (non-hydrogen) atoms. The number of benzene rings is 2. The fourth-order valence-corrected chi connectivity index (χ4v) is 2.62. The summed E-state index contributed by atoms with van der Waals surface area (Å²) in [4.78, 5) is 55.9. The van der Waals surface area contributed by atoms with Gasteiger partial charge in [-0.25, -0.2) is 9.59 Å². The second-order valence-corrected chi connectivity index (χ2v) is 6.71. The number of carbonyl (C=O) groups is 3. The number of non-ortho nitro benzene ring substituents is 1. The van der Waals surface area contributed by atoms with Gasteiger partial charge in [-0.3, -0.25) is 24.7 Å². The molecule has 0 bridgehead atoms. The van der Waals surface area contributed by atoms with Crippen molar-refractivity contribution in [1.82, 2.24) is 4.90 Å². The van der Waals surface area contributed by atoms with Crippen molar-refractivity contribution in [2.24, 2.45) is 0 Å². The van der Waals surface area contributed by atoms with Crippen LogP contribution in [0.1, 0.15) is 10.4 Å². The molecule has 0 saturated carbocycles. The second-order valence-electron chi connectivity index (χ2n) is 5.86. The molecule has 0 fully saturated rings. The molecule has 0 saturated heterocycles. The van der Waals surface area contributed by atoms with Crippen LogP contribution in [-0.2, 0) is 14.6 Å². The molecule has 1 N–H and O–H groups in total. The zero-order valence-electron chi connectivity index (χ0n) is 16.1. The van der Waals surface area contributed by atoms with Gasteiger partial charge in [0.15, 0.2) is 0 Å². The first-order valence-electron chi connectivity index (χ1n) is 8.33. The number of hydrogen-bond donors (Lipinski definition) is 1. The van der Waals surface area contributed by atoms with Crippen LogP contribution < -0.4 is 10.1 Å². The van der Waals surface area contributed by atoms with Crippen LogP contribution in [0.4, 0.5) is 16.2 Å². The van der Waals surface area contributed by atoms with Crippen LogP contribution >= 0.6 is 23.2 Å². The van der Waals surface area contributed by atoms with Gasteiger partial charge in [0.05, 0.1) is 28.3 Å². The summed E-state index contributed by atoms with van der Waals surface area (Å²) in [6.07, 6.45) is -0.960. The Bertz CT molecular complexity index is 1030. The van der Waals surface area contributed by atoms with Gasteiger partial charge in [-0.2, -0.15) is 4.89 Å². The minimum absolute atomic E-state index is 0.0699. The normalized spacial score (nSPS) is 10.2. The molecule has 0 radical (unpaired) electrons. The summed E-state index contributed by atoms with van der Waals surface area (Å²) < 4.78 is 5.18. The molecule has 0 aliphatic heterocycles. The van der Waals surface area contributed by atoms with E-state index in [1.54, 1.807) is 0 Å². The summed E-state index contributed by atoms with van der Waals surface area (Å²) in [5, 5.41) is 13.4. The molecule has 2 amide bonds. The molecular weight excluding hydrogens is 457 g/mol. The number of nitro benzene ring substituents is 1. The van der Waals surface area contributed by atoms with Crippen LogP contribution in [-0.4, -0.2) is 48.5 Å². The van der Waals surface area contributed by atoms with Crippen molar-refractivity contribution >= 4 is 52.5 Å². The van der Waals surface area contributed by atoms with Gasteiger partial charge in [-0.1, -0.05) is 23.2 Å². The number of halogens is 2. The third kappa shape index (κ3) is 6.54. The third-order valence-electron chi connectivity index (χ3n) is 3.65. The van der Waals surface area contributed by atoms with Crippen molar-refractivity contribution in [2.45, 2.75) is 0 Å². The minimum Gasteiger partial charge on any atom is -0.409 e. The van der Waals surface area contributed by atoms with Crippen molar-refractivity contribution in [1.29, 1.82) is 0 Å². The standard InChI is InChI=1S/C18H15Cl2N3O8/c1-22(9-16(24)31-29-2)18(26)30-15-6-3-10(19)7-12(15)17(25)21-14-5-4-11(23(27)28)8-13(14)20/h3-8H,9H2,1-2H3,(H,21,25). The molecule has 0 aliphatic rings. The van der Waals surface area contributed by atoms with E-state index in [0.29, 0.717) is 0 Å². The Morgan fingerprint density at radius 1 is 1.16 bits per heavy atom. The van der Waals surface area contributed by atoms with Crippen LogP contribution in [0.5, 0.6) is 5.75 Å². The largest absolute Gasteiger partial charge is 0.415 e. The summed E-state index contributed by atoms with van der Waals surface area (Å²) >= 11 is 11.9. The molecular formula is C18H15Cl2N3O8. The average Bonchev–Trinajstić information content (AvgIpc) is 2.70. The molecule has 164 valence electrons. The van der Waals surface area contributed by atoms with E-state index in [4.69, 9.17) is 27.9 Å². The molecule has 2 aromatic carbocycles. The fourth-order valence-electron chi connectivity index (χ4n) is 2.23. The van der Waals surface area contributed by atoms with Crippen molar-refractivity contribution in [3.05, 3.63) is 62.1 Å². The van der Waals surface area contributed by atoms with Gasteiger partial charge < -0.3 is 10.1 Å². The van der Waals surface area contributed by atoms with Gasteiger partial charge in [0.1, 0.15) is 12.3 Å². The molecule has 0 spiro atoms. The Kier molecular flexibility index (Phi) is 8.14. The van der Waals surface area contributed by atoms with Gasteiger partial charge in [0.2, 0.25) is 0 Å². The van der Waals surface area contributed by atoms with E-state index in [9.17, 15) is 24.5 Å². The zero-order valence-corrected chi connectivity index (χ0v) is 17.6. The summed E-state index contributed by atoms with van der Waals surface area (Å²) in [7, 11) is 2.40. The van der Waals surface area contributed by atoms with Gasteiger partial charge in [-0.05, 0) is 24.3 Å². The van der Waals surface area contributed by atoms with Gasteiger partial charge in [0, 0.05) is 24.2 Å². The van der Waals surface area contributed by atoms with Crippen LogP contribution in [0.3, 0.4) is 0 Å². The molecule has 0 atom stereocenters. The van der Waals surface area contributed by atoms with Crippen molar-refractivity contribution in [3.8, 4) is 5.75 Å². The number of nitrogens with one attached hydrogen (secondary N) is 1. The number of rotatable bonds is 7. The number of anilines is 1. The molecule has 0 unspecified atom stereocenters. The molecule has 2 aromatic rings. The molecule has 0 aliphatic carbocycles. The maximum atomic E-state index is 12.7. The lowest BCUT2D eigenvalue weighted by Crippen LogP contribution is -2.35. The van der Waals surface area contributed by atoms with E-state index >= 15 is 0 Å². The highest BCUT2D eigenvalue weighted by Gasteiger charge is 2.21.